The summed E-state index contributed by atoms with van der Waals surface area (Å²) in [5.74, 6) is 0. The van der Waals surface area contributed by atoms with Crippen molar-refractivity contribution in [3.8, 4) is 0 Å². The van der Waals surface area contributed by atoms with Crippen LogP contribution in [0.5, 0.6) is 0 Å². The quantitative estimate of drug-likeness (QED) is 0.863. The summed E-state index contributed by atoms with van der Waals surface area (Å²) in [4.78, 5) is 0. The van der Waals surface area contributed by atoms with E-state index in [2.05, 4.69) is 0 Å². The molecule has 2 nitrogen and oxygen atoms in total. The van der Waals surface area contributed by atoms with Gasteiger partial charge in [-0.3, -0.25) is 0 Å². The van der Waals surface area contributed by atoms with Crippen LogP contribution < -0.4 is 5.73 Å². The lowest BCUT2D eigenvalue weighted by Crippen LogP contribution is -2.10. The number of aliphatic hydroxyl groups excluding tert-OH is 1. The molecular formula is C11H17Cl2NO. The first-order chi connectivity index (χ1) is 6.65. The average Bonchev–Trinajstić information content (AvgIpc) is 2.18. The fourth-order valence-corrected chi connectivity index (χ4v) is 1.51. The molecule has 0 bridgehead atoms. The van der Waals surface area contributed by atoms with Gasteiger partial charge in [-0.1, -0.05) is 23.7 Å². The maximum atomic E-state index is 8.68. The van der Waals surface area contributed by atoms with Crippen molar-refractivity contribution in [2.24, 2.45) is 5.73 Å². The van der Waals surface area contributed by atoms with Crippen LogP contribution in [-0.4, -0.2) is 11.7 Å². The third-order valence-corrected chi connectivity index (χ3v) is 2.70. The maximum absolute atomic E-state index is 8.68. The molecule has 0 aliphatic carbocycles. The van der Waals surface area contributed by atoms with Gasteiger partial charge in [0.1, 0.15) is 0 Å². The predicted octanol–water partition coefficient (Wildman–Crippen LogP) is 2.84. The number of aryl methyl sites for hydroxylation is 1. The molecule has 1 atom stereocenters. The average molecular weight is 250 g/mol. The molecule has 15 heavy (non-hydrogen) atoms. The Balaban J connectivity index is 0.00000196. The molecule has 0 amide bonds. The molecule has 0 fully saturated rings. The number of hydrogen-bond acceptors (Lipinski definition) is 2. The minimum absolute atomic E-state index is 0. The van der Waals surface area contributed by atoms with Crippen LogP contribution in [0.2, 0.25) is 5.02 Å². The molecule has 0 heterocycles. The van der Waals surface area contributed by atoms with Crippen LogP contribution in [0.3, 0.4) is 0 Å². The second kappa shape index (κ2) is 7.07. The number of halogens is 2. The summed E-state index contributed by atoms with van der Waals surface area (Å²) in [7, 11) is 0. The van der Waals surface area contributed by atoms with Crippen LogP contribution in [0.4, 0.5) is 0 Å². The van der Waals surface area contributed by atoms with Gasteiger partial charge in [0, 0.05) is 17.7 Å². The second-order valence-electron chi connectivity index (χ2n) is 3.48. The van der Waals surface area contributed by atoms with Gasteiger partial charge < -0.3 is 10.8 Å². The van der Waals surface area contributed by atoms with Crippen molar-refractivity contribution in [3.63, 3.8) is 0 Å². The van der Waals surface area contributed by atoms with Gasteiger partial charge in [0.15, 0.2) is 0 Å². The molecule has 0 aliphatic rings. The molecule has 1 aromatic rings. The Morgan fingerprint density at radius 2 is 2.13 bits per heavy atom. The van der Waals surface area contributed by atoms with Crippen molar-refractivity contribution < 1.29 is 5.11 Å². The van der Waals surface area contributed by atoms with E-state index in [1.165, 1.54) is 0 Å². The molecule has 0 saturated heterocycles. The molecule has 86 valence electrons. The molecule has 3 N–H and O–H groups in total. The van der Waals surface area contributed by atoms with Gasteiger partial charge in [-0.25, -0.2) is 0 Å². The Bertz CT molecular complexity index is 305. The Morgan fingerprint density at radius 1 is 1.47 bits per heavy atom. The fourth-order valence-electron chi connectivity index (χ4n) is 1.32. The van der Waals surface area contributed by atoms with Crippen LogP contribution in [0.1, 0.15) is 30.0 Å². The second-order valence-corrected chi connectivity index (χ2v) is 3.89. The predicted molar refractivity (Wildman–Crippen MR) is 66.7 cm³/mol. The van der Waals surface area contributed by atoms with Gasteiger partial charge >= 0.3 is 0 Å². The summed E-state index contributed by atoms with van der Waals surface area (Å²) in [5.41, 5.74) is 8.03. The van der Waals surface area contributed by atoms with Gasteiger partial charge in [0.05, 0.1) is 0 Å². The van der Waals surface area contributed by atoms with E-state index in [0.717, 1.165) is 29.0 Å². The van der Waals surface area contributed by atoms with Gasteiger partial charge in [0.2, 0.25) is 0 Å². The van der Waals surface area contributed by atoms with Crippen molar-refractivity contribution in [1.82, 2.24) is 0 Å². The molecule has 1 aromatic carbocycles. The zero-order valence-corrected chi connectivity index (χ0v) is 10.3. The molecule has 0 unspecified atom stereocenters. The van der Waals surface area contributed by atoms with Gasteiger partial charge in [0.25, 0.3) is 0 Å². The van der Waals surface area contributed by atoms with Crippen molar-refractivity contribution in [2.45, 2.75) is 25.8 Å². The SMILES string of the molecule is Cc1ccc([C@H](N)CCCO)cc1Cl.Cl. The highest BCUT2D eigenvalue weighted by molar-refractivity contribution is 6.31. The number of nitrogens with two attached hydrogens (primary N) is 1. The molecule has 0 aromatic heterocycles. The number of benzene rings is 1. The molecular weight excluding hydrogens is 233 g/mol. The van der Waals surface area contributed by atoms with Gasteiger partial charge in [-0.2, -0.15) is 0 Å². The smallest absolute Gasteiger partial charge is 0.0438 e. The van der Waals surface area contributed by atoms with E-state index >= 15 is 0 Å². The number of aliphatic hydroxyl groups is 1. The monoisotopic (exact) mass is 249 g/mol. The van der Waals surface area contributed by atoms with Gasteiger partial charge in [-0.15, -0.1) is 12.4 Å². The van der Waals surface area contributed by atoms with Gasteiger partial charge in [-0.05, 0) is 37.0 Å². The highest BCUT2D eigenvalue weighted by Gasteiger charge is 2.06. The summed E-state index contributed by atoms with van der Waals surface area (Å²) in [6, 6.07) is 5.83. The summed E-state index contributed by atoms with van der Waals surface area (Å²) < 4.78 is 0. The first kappa shape index (κ1) is 14.7. The van der Waals surface area contributed by atoms with Crippen LogP contribution in [-0.2, 0) is 0 Å². The zero-order valence-electron chi connectivity index (χ0n) is 8.74. The summed E-state index contributed by atoms with van der Waals surface area (Å²) in [6.45, 7) is 2.15. The standard InChI is InChI=1S/C11H16ClNO.ClH/c1-8-4-5-9(7-10(8)12)11(13)3-2-6-14;/h4-5,7,11,14H,2-3,6,13H2,1H3;1H/t11-;/m1./s1. The summed E-state index contributed by atoms with van der Waals surface area (Å²) >= 11 is 5.99. The fraction of sp³-hybridized carbons (Fsp3) is 0.455. The topological polar surface area (TPSA) is 46.2 Å². The normalized spacial score (nSPS) is 12.0. The Labute approximate surface area is 102 Å². The Morgan fingerprint density at radius 3 is 2.67 bits per heavy atom. The largest absolute Gasteiger partial charge is 0.396 e. The van der Waals surface area contributed by atoms with Crippen LogP contribution in [0.15, 0.2) is 18.2 Å². The first-order valence-electron chi connectivity index (χ1n) is 4.77. The third kappa shape index (κ3) is 4.39. The minimum atomic E-state index is -0.0275. The number of rotatable bonds is 4. The summed E-state index contributed by atoms with van der Waals surface area (Å²) in [5, 5.41) is 9.43. The molecule has 0 saturated carbocycles. The molecule has 1 rings (SSSR count). The highest BCUT2D eigenvalue weighted by atomic mass is 35.5. The maximum Gasteiger partial charge on any atom is 0.0438 e. The minimum Gasteiger partial charge on any atom is -0.396 e. The molecule has 0 radical (unpaired) electrons. The van der Waals surface area contributed by atoms with E-state index in [-0.39, 0.29) is 25.1 Å². The lowest BCUT2D eigenvalue weighted by Gasteiger charge is -2.12. The van der Waals surface area contributed by atoms with E-state index < -0.39 is 0 Å². The molecule has 0 aliphatic heterocycles. The van der Waals surface area contributed by atoms with E-state index in [1.54, 1.807) is 0 Å². The molecule has 0 spiro atoms. The van der Waals surface area contributed by atoms with Crippen LogP contribution in [0, 0.1) is 6.92 Å². The Hall–Kier alpha value is -0.280. The Kier molecular flexibility index (Phi) is 6.94. The van der Waals surface area contributed by atoms with E-state index in [1.807, 2.05) is 25.1 Å². The highest BCUT2D eigenvalue weighted by Crippen LogP contribution is 2.22. The van der Waals surface area contributed by atoms with Crippen molar-refractivity contribution >= 4 is 24.0 Å². The van der Waals surface area contributed by atoms with E-state index in [4.69, 9.17) is 22.4 Å². The van der Waals surface area contributed by atoms with Crippen LogP contribution >= 0.6 is 24.0 Å². The number of hydrogen-bond donors (Lipinski definition) is 2. The van der Waals surface area contributed by atoms with Crippen molar-refractivity contribution in [3.05, 3.63) is 34.3 Å². The van der Waals surface area contributed by atoms with E-state index in [0.29, 0.717) is 0 Å². The third-order valence-electron chi connectivity index (χ3n) is 2.30. The van der Waals surface area contributed by atoms with E-state index in [9.17, 15) is 0 Å². The first-order valence-corrected chi connectivity index (χ1v) is 5.15. The van der Waals surface area contributed by atoms with Crippen molar-refractivity contribution in [2.75, 3.05) is 6.61 Å². The zero-order chi connectivity index (χ0) is 10.6. The van der Waals surface area contributed by atoms with Crippen molar-refractivity contribution in [1.29, 1.82) is 0 Å². The molecule has 4 heteroatoms. The van der Waals surface area contributed by atoms with Crippen LogP contribution in [0.25, 0.3) is 0 Å². The summed E-state index contributed by atoms with van der Waals surface area (Å²) in [6.07, 6.45) is 1.52. The lowest BCUT2D eigenvalue weighted by molar-refractivity contribution is 0.280. The lowest BCUT2D eigenvalue weighted by atomic mass is 10.0.